The van der Waals surface area contributed by atoms with Gasteiger partial charge in [-0.1, -0.05) is 29.8 Å². The topological polar surface area (TPSA) is 89.6 Å². The van der Waals surface area contributed by atoms with Gasteiger partial charge in [0.05, 0.1) is 6.04 Å². The van der Waals surface area contributed by atoms with Gasteiger partial charge in [-0.3, -0.25) is 4.79 Å². The number of ketones is 1. The first-order valence-corrected chi connectivity index (χ1v) is 6.20. The van der Waals surface area contributed by atoms with Crippen LogP contribution >= 0.6 is 8.25 Å². The van der Waals surface area contributed by atoms with Crippen molar-refractivity contribution in [3.8, 4) is 0 Å². The largest absolute Gasteiger partial charge is 0.695 e. The van der Waals surface area contributed by atoms with Gasteiger partial charge in [-0.25, -0.2) is 0 Å². The summed E-state index contributed by atoms with van der Waals surface area (Å²) in [4.78, 5) is 20.0. The van der Waals surface area contributed by atoms with Crippen LogP contribution < -0.4 is 5.73 Å². The average molecular weight is 256 g/mol. The summed E-state index contributed by atoms with van der Waals surface area (Å²) in [5, 5.41) is 0. The van der Waals surface area contributed by atoms with Crippen LogP contribution in [0.3, 0.4) is 0 Å². The van der Waals surface area contributed by atoms with Crippen LogP contribution in [-0.4, -0.2) is 16.8 Å². The van der Waals surface area contributed by atoms with Crippen molar-refractivity contribution in [3.63, 3.8) is 0 Å². The van der Waals surface area contributed by atoms with Crippen LogP contribution in [0, 0.1) is 6.92 Å². The fourth-order valence-corrected chi connectivity index (χ4v) is 1.93. The maximum absolute atomic E-state index is 11.3. The molecule has 0 amide bonds. The highest BCUT2D eigenvalue weighted by Crippen LogP contribution is 2.26. The Labute approximate surface area is 101 Å². The number of aryl methyl sites for hydroxylation is 1. The van der Waals surface area contributed by atoms with Gasteiger partial charge in [0, 0.05) is 4.57 Å². The van der Waals surface area contributed by atoms with E-state index in [1.165, 1.54) is 6.92 Å². The monoisotopic (exact) mass is 256 g/mol. The summed E-state index contributed by atoms with van der Waals surface area (Å²) in [6, 6.07) is 6.49. The second-order valence-electron chi connectivity index (χ2n) is 3.81. The molecule has 3 unspecified atom stereocenters. The Balaban J connectivity index is 2.91. The molecule has 1 aromatic rings. The van der Waals surface area contributed by atoms with Gasteiger partial charge < -0.3 is 5.73 Å². The van der Waals surface area contributed by atoms with Crippen molar-refractivity contribution in [2.75, 3.05) is 0 Å². The highest BCUT2D eigenvalue weighted by molar-refractivity contribution is 7.32. The maximum atomic E-state index is 11.3. The van der Waals surface area contributed by atoms with Crippen molar-refractivity contribution in [3.05, 3.63) is 35.4 Å². The minimum atomic E-state index is -2.85. The van der Waals surface area contributed by atoms with Gasteiger partial charge in [0.2, 0.25) is 0 Å². The molecule has 3 atom stereocenters. The van der Waals surface area contributed by atoms with Gasteiger partial charge in [-0.15, -0.1) is 9.42 Å². The van der Waals surface area contributed by atoms with Gasteiger partial charge >= 0.3 is 8.25 Å². The Morgan fingerprint density at radius 3 is 2.35 bits per heavy atom. The van der Waals surface area contributed by atoms with Crippen molar-refractivity contribution in [1.29, 1.82) is 0 Å². The first-order chi connectivity index (χ1) is 7.91. The molecule has 0 heterocycles. The molecule has 0 bridgehead atoms. The molecule has 0 aliphatic heterocycles. The summed E-state index contributed by atoms with van der Waals surface area (Å²) in [6.07, 6.45) is -1.11. The zero-order valence-electron chi connectivity index (χ0n) is 9.66. The zero-order chi connectivity index (χ0) is 13.0. The van der Waals surface area contributed by atoms with Gasteiger partial charge in [-0.05, 0) is 19.4 Å². The van der Waals surface area contributed by atoms with Crippen LogP contribution in [0.15, 0.2) is 24.3 Å². The van der Waals surface area contributed by atoms with E-state index in [2.05, 4.69) is 4.52 Å². The SMILES string of the molecule is CC(=O)C(O[P+](=O)O)C(N)c1ccc(C)cc1. The number of nitrogens with two attached hydrogens (primary N) is 1. The lowest BCUT2D eigenvalue weighted by atomic mass is 9.99. The molecule has 0 saturated carbocycles. The van der Waals surface area contributed by atoms with Crippen molar-refractivity contribution in [2.45, 2.75) is 26.0 Å². The predicted octanol–water partition coefficient (Wildman–Crippen LogP) is 1.62. The van der Waals surface area contributed by atoms with E-state index in [0.717, 1.165) is 5.56 Å². The summed E-state index contributed by atoms with van der Waals surface area (Å²) in [6.45, 7) is 3.20. The summed E-state index contributed by atoms with van der Waals surface area (Å²) in [5.41, 5.74) is 7.61. The molecule has 17 heavy (non-hydrogen) atoms. The summed E-state index contributed by atoms with van der Waals surface area (Å²) < 4.78 is 15.3. The Kier molecular flexibility index (Phi) is 4.90. The standard InChI is InChI=1S/C11H14NO4P/c1-7-3-5-9(6-4-7)10(12)11(8(2)13)16-17(14)15/h3-6,10-11H,12H2,1-2H3/p+1. The molecule has 3 N–H and O–H groups in total. The molecular weight excluding hydrogens is 241 g/mol. The third-order valence-electron chi connectivity index (χ3n) is 2.39. The van der Waals surface area contributed by atoms with Crippen LogP contribution in [0.5, 0.6) is 0 Å². The van der Waals surface area contributed by atoms with Crippen LogP contribution in [-0.2, 0) is 13.9 Å². The van der Waals surface area contributed by atoms with Crippen LogP contribution in [0.4, 0.5) is 0 Å². The van der Waals surface area contributed by atoms with Gasteiger partial charge in [0.25, 0.3) is 0 Å². The molecule has 0 saturated heterocycles. The van der Waals surface area contributed by atoms with E-state index in [4.69, 9.17) is 10.6 Å². The lowest BCUT2D eigenvalue weighted by molar-refractivity contribution is -0.124. The Hall–Kier alpha value is -1.13. The maximum Gasteiger partial charge on any atom is 0.695 e. The van der Waals surface area contributed by atoms with E-state index in [0.29, 0.717) is 5.56 Å². The van der Waals surface area contributed by atoms with Crippen LogP contribution in [0.2, 0.25) is 0 Å². The summed E-state index contributed by atoms with van der Waals surface area (Å²) in [5.74, 6) is -0.379. The van der Waals surface area contributed by atoms with Gasteiger partial charge in [0.1, 0.15) is 0 Å². The van der Waals surface area contributed by atoms with Crippen molar-refractivity contribution in [2.24, 2.45) is 5.73 Å². The number of rotatable bonds is 5. The molecule has 1 rings (SSSR count). The molecular formula is C11H15NO4P+. The first kappa shape index (κ1) is 13.9. The minimum Gasteiger partial charge on any atom is -0.321 e. The molecule has 6 heteroatoms. The van der Waals surface area contributed by atoms with E-state index in [1.807, 2.05) is 19.1 Å². The zero-order valence-corrected chi connectivity index (χ0v) is 10.6. The second-order valence-corrected chi connectivity index (χ2v) is 4.50. The van der Waals surface area contributed by atoms with E-state index in [-0.39, 0.29) is 5.78 Å². The third-order valence-corrected chi connectivity index (χ3v) is 2.80. The lowest BCUT2D eigenvalue weighted by Gasteiger charge is -2.16. The second kappa shape index (κ2) is 5.98. The predicted molar refractivity (Wildman–Crippen MR) is 63.5 cm³/mol. The van der Waals surface area contributed by atoms with Crippen molar-refractivity contribution < 1.29 is 18.8 Å². The molecule has 5 nitrogen and oxygen atoms in total. The Bertz CT molecular complexity index is 418. The number of benzene rings is 1. The number of Topliss-reactive ketones (excluding diaryl/α,β-unsaturated/α-hetero) is 1. The molecule has 0 aliphatic carbocycles. The molecule has 92 valence electrons. The minimum absolute atomic E-state index is 0.379. The number of carbonyl (C=O) groups excluding carboxylic acids is 1. The van der Waals surface area contributed by atoms with E-state index in [1.54, 1.807) is 12.1 Å². The fraction of sp³-hybridized carbons (Fsp3) is 0.364. The Morgan fingerprint density at radius 1 is 1.41 bits per heavy atom. The molecule has 0 aliphatic rings. The lowest BCUT2D eigenvalue weighted by Crippen LogP contribution is -2.33. The Morgan fingerprint density at radius 2 is 1.94 bits per heavy atom. The quantitative estimate of drug-likeness (QED) is 0.781. The molecule has 1 aromatic carbocycles. The molecule has 0 fully saturated rings. The third kappa shape index (κ3) is 3.98. The summed E-state index contributed by atoms with van der Waals surface area (Å²) in [7, 11) is -2.85. The summed E-state index contributed by atoms with van der Waals surface area (Å²) >= 11 is 0. The van der Waals surface area contributed by atoms with Crippen molar-refractivity contribution >= 4 is 14.0 Å². The van der Waals surface area contributed by atoms with E-state index < -0.39 is 20.4 Å². The first-order valence-electron chi connectivity index (χ1n) is 5.07. The molecule has 0 spiro atoms. The highest BCUT2D eigenvalue weighted by Gasteiger charge is 2.33. The van der Waals surface area contributed by atoms with Crippen molar-refractivity contribution in [1.82, 2.24) is 0 Å². The normalized spacial score (nSPS) is 15.2. The fourth-order valence-electron chi connectivity index (χ4n) is 1.45. The van der Waals surface area contributed by atoms with E-state index in [9.17, 15) is 9.36 Å². The molecule has 0 radical (unpaired) electrons. The van der Waals surface area contributed by atoms with Gasteiger partial charge in [-0.2, -0.15) is 0 Å². The smallest absolute Gasteiger partial charge is 0.321 e. The average Bonchev–Trinajstić information content (AvgIpc) is 2.25. The van der Waals surface area contributed by atoms with Crippen LogP contribution in [0.1, 0.15) is 24.1 Å². The molecule has 0 aromatic heterocycles. The van der Waals surface area contributed by atoms with E-state index >= 15 is 0 Å². The van der Waals surface area contributed by atoms with Crippen LogP contribution in [0.25, 0.3) is 0 Å². The van der Waals surface area contributed by atoms with Gasteiger partial charge in [0.15, 0.2) is 11.9 Å². The number of hydrogen-bond acceptors (Lipinski definition) is 4. The number of carbonyl (C=O) groups is 1. The number of hydrogen-bond donors (Lipinski definition) is 2. The highest BCUT2D eigenvalue weighted by atomic mass is 31.1.